The number of carboxylic acids is 1. The number of ether oxygens (including phenoxy) is 1. The van der Waals surface area contributed by atoms with Crippen LogP contribution in [0.4, 0.5) is 4.79 Å². The van der Waals surface area contributed by atoms with Gasteiger partial charge in [-0.15, -0.1) is 24.9 Å². The molecule has 2 rings (SSSR count). The van der Waals surface area contributed by atoms with Gasteiger partial charge in [0.1, 0.15) is 23.7 Å². The third-order valence-corrected chi connectivity index (χ3v) is 7.56. The lowest BCUT2D eigenvalue weighted by molar-refractivity contribution is -0.153. The minimum Gasteiger partial charge on any atom is -0.480 e. The topological polar surface area (TPSA) is 116 Å². The van der Waals surface area contributed by atoms with Crippen molar-refractivity contribution in [2.24, 2.45) is 5.41 Å². The summed E-state index contributed by atoms with van der Waals surface area (Å²) in [7, 11) is 1.46. The predicted molar refractivity (Wildman–Crippen MR) is 131 cm³/mol. The van der Waals surface area contributed by atoms with E-state index in [1.165, 1.54) is 28.6 Å². The van der Waals surface area contributed by atoms with Gasteiger partial charge in [0.2, 0.25) is 11.8 Å². The van der Waals surface area contributed by atoms with Gasteiger partial charge in [0.25, 0.3) is 0 Å². The van der Waals surface area contributed by atoms with E-state index in [1.807, 2.05) is 0 Å². The molecule has 0 bridgehead atoms. The molecule has 0 aromatic rings. The molecular weight excluding hydrogens is 458 g/mol. The molecule has 2 N–H and O–H groups in total. The zero-order valence-electron chi connectivity index (χ0n) is 20.7. The van der Waals surface area contributed by atoms with Crippen molar-refractivity contribution >= 4 is 35.6 Å². The Morgan fingerprint density at radius 3 is 2.41 bits per heavy atom. The molecule has 0 saturated carbocycles. The second kappa shape index (κ2) is 10.8. The third-order valence-electron chi connectivity index (χ3n) is 6.31. The van der Waals surface area contributed by atoms with Crippen molar-refractivity contribution in [3.05, 3.63) is 25.3 Å². The highest BCUT2D eigenvalue weighted by molar-refractivity contribution is 7.99. The van der Waals surface area contributed by atoms with E-state index in [0.29, 0.717) is 31.4 Å². The molecule has 0 spiro atoms. The number of hydrogen-bond donors (Lipinski definition) is 2. The number of amides is 3. The molecule has 9 nitrogen and oxygen atoms in total. The average molecular weight is 496 g/mol. The van der Waals surface area contributed by atoms with Crippen LogP contribution in [0.3, 0.4) is 0 Å². The molecule has 2 aliphatic rings. The highest BCUT2D eigenvalue weighted by atomic mass is 32.2. The number of aliphatic carboxylic acids is 1. The summed E-state index contributed by atoms with van der Waals surface area (Å²) in [6, 6.07) is -2.82. The number of nitrogens with zero attached hydrogens (tertiary/aromatic N) is 2. The van der Waals surface area contributed by atoms with E-state index in [9.17, 15) is 24.3 Å². The number of thioether (sulfide) groups is 1. The van der Waals surface area contributed by atoms with Crippen molar-refractivity contribution in [3.8, 4) is 0 Å². The molecule has 2 aliphatic heterocycles. The van der Waals surface area contributed by atoms with E-state index in [4.69, 9.17) is 4.74 Å². The molecule has 2 fully saturated rings. The number of rotatable bonds is 8. The Morgan fingerprint density at radius 1 is 1.32 bits per heavy atom. The number of likely N-dealkylation sites (N-methyl/N-ethyl adjacent to an activating group) is 1. The first-order valence-electron chi connectivity index (χ1n) is 11.4. The van der Waals surface area contributed by atoms with Crippen LogP contribution in [0.25, 0.3) is 0 Å². The molecule has 2 heterocycles. The second-order valence-corrected chi connectivity index (χ2v) is 11.3. The lowest BCUT2D eigenvalue weighted by Gasteiger charge is -2.35. The maximum atomic E-state index is 13.6. The van der Waals surface area contributed by atoms with Gasteiger partial charge in [-0.25, -0.2) is 9.59 Å². The maximum absolute atomic E-state index is 13.6. The Hall–Kier alpha value is -2.49. The molecule has 0 aromatic heterocycles. The van der Waals surface area contributed by atoms with Crippen molar-refractivity contribution in [3.63, 3.8) is 0 Å². The summed E-state index contributed by atoms with van der Waals surface area (Å²) in [5.41, 5.74) is -1.41. The van der Waals surface area contributed by atoms with Gasteiger partial charge in [0.05, 0.1) is 5.37 Å². The fraction of sp³-hybridized carbons (Fsp3) is 0.667. The van der Waals surface area contributed by atoms with Crippen LogP contribution in [0.5, 0.6) is 0 Å². The summed E-state index contributed by atoms with van der Waals surface area (Å²) in [5, 5.41) is 12.6. The van der Waals surface area contributed by atoms with E-state index in [2.05, 4.69) is 18.5 Å². The minimum absolute atomic E-state index is 0.308. The van der Waals surface area contributed by atoms with Crippen molar-refractivity contribution in [2.45, 2.75) is 82.5 Å². The van der Waals surface area contributed by atoms with Gasteiger partial charge < -0.3 is 20.1 Å². The molecular formula is C24H37N3O6S. The van der Waals surface area contributed by atoms with Gasteiger partial charge in [0.15, 0.2) is 0 Å². The number of hydrogen-bond acceptors (Lipinski definition) is 6. The molecule has 3 amide bonds. The van der Waals surface area contributed by atoms with Crippen molar-refractivity contribution in [1.82, 2.24) is 15.1 Å². The van der Waals surface area contributed by atoms with E-state index >= 15 is 0 Å². The molecule has 0 aliphatic carbocycles. The normalized spacial score (nSPS) is 24.9. The lowest BCUT2D eigenvalue weighted by atomic mass is 9.74. The SMILES string of the molecule is C=CCC1(CC=C)C[C@@H]2SCC[C@H](NC(=O)[C@H](C)N(C)C(=O)OC(C)(C)C)C(=O)N2[C@@H]1C(=O)O. The maximum Gasteiger partial charge on any atom is 0.410 e. The van der Waals surface area contributed by atoms with Gasteiger partial charge >= 0.3 is 12.1 Å². The fourth-order valence-corrected chi connectivity index (χ4v) is 6.06. The first-order valence-corrected chi connectivity index (χ1v) is 12.5. The van der Waals surface area contributed by atoms with E-state index in [0.717, 1.165) is 0 Å². The summed E-state index contributed by atoms with van der Waals surface area (Å²) in [5.74, 6) is -1.42. The number of carboxylic acid groups (broad SMARTS) is 1. The number of carbonyl (C=O) groups is 4. The zero-order valence-corrected chi connectivity index (χ0v) is 21.5. The largest absolute Gasteiger partial charge is 0.480 e. The molecule has 0 aromatic carbocycles. The quantitative estimate of drug-likeness (QED) is 0.497. The van der Waals surface area contributed by atoms with Crippen LogP contribution < -0.4 is 5.32 Å². The Labute approximate surface area is 205 Å². The van der Waals surface area contributed by atoms with E-state index < -0.39 is 53.0 Å². The van der Waals surface area contributed by atoms with E-state index in [1.54, 1.807) is 39.8 Å². The van der Waals surface area contributed by atoms with Gasteiger partial charge in [-0.2, -0.15) is 0 Å². The number of allylic oxidation sites excluding steroid dienone is 2. The standard InChI is InChI=1S/C24H37N3O6S/c1-8-11-24(12-9-2)14-17-27(18(24)21(30)31)20(29)16(10-13-34-17)25-19(28)15(3)26(7)22(32)33-23(4,5)6/h8-9,15-18H,1-2,10-14H2,3-7H3,(H,25,28)(H,30,31)/t15-,16-,17-,18+/m0/s1. The van der Waals surface area contributed by atoms with Gasteiger partial charge in [-0.3, -0.25) is 14.5 Å². The predicted octanol–water partition coefficient (Wildman–Crippen LogP) is 3.01. The van der Waals surface area contributed by atoms with Crippen LogP contribution in [0.15, 0.2) is 25.3 Å². The minimum atomic E-state index is -1.08. The van der Waals surface area contributed by atoms with Gasteiger partial charge in [-0.05, 0) is 59.1 Å². The smallest absolute Gasteiger partial charge is 0.410 e. The van der Waals surface area contributed by atoms with Gasteiger partial charge in [-0.1, -0.05) is 12.2 Å². The molecule has 4 atom stereocenters. The number of nitrogens with one attached hydrogen (secondary N) is 1. The van der Waals surface area contributed by atoms with Crippen molar-refractivity contribution < 1.29 is 29.0 Å². The van der Waals surface area contributed by atoms with Gasteiger partial charge in [0, 0.05) is 12.5 Å². The molecule has 190 valence electrons. The number of carbonyl (C=O) groups excluding carboxylic acids is 3. The Morgan fingerprint density at radius 2 is 1.91 bits per heavy atom. The molecule has 10 heteroatoms. The van der Waals surface area contributed by atoms with Crippen molar-refractivity contribution in [2.75, 3.05) is 12.8 Å². The first kappa shape index (κ1) is 27.8. The number of fused-ring (bicyclic) bond motifs is 1. The first-order chi connectivity index (χ1) is 15.8. The van der Waals surface area contributed by atoms with Crippen LogP contribution in [0, 0.1) is 5.41 Å². The molecule has 34 heavy (non-hydrogen) atoms. The second-order valence-electron chi connectivity index (χ2n) is 9.98. The lowest BCUT2D eigenvalue weighted by Crippen LogP contribution is -2.57. The Bertz CT molecular complexity index is 829. The Balaban J connectivity index is 2.23. The van der Waals surface area contributed by atoms with Crippen molar-refractivity contribution in [1.29, 1.82) is 0 Å². The Kier molecular flexibility index (Phi) is 8.85. The zero-order chi connectivity index (χ0) is 25.8. The summed E-state index contributed by atoms with van der Waals surface area (Å²) in [6.45, 7) is 14.3. The van der Waals surface area contributed by atoms with Crippen LogP contribution in [-0.2, 0) is 19.1 Å². The summed E-state index contributed by atoms with van der Waals surface area (Å²) in [4.78, 5) is 53.8. The van der Waals surface area contributed by atoms with E-state index in [-0.39, 0.29) is 5.37 Å². The van der Waals surface area contributed by atoms with Crippen LogP contribution in [0.1, 0.15) is 53.4 Å². The summed E-state index contributed by atoms with van der Waals surface area (Å²) in [6.07, 6.45) is 4.48. The fourth-order valence-electron chi connectivity index (χ4n) is 4.58. The molecule has 2 saturated heterocycles. The van der Waals surface area contributed by atoms with Crippen LogP contribution in [0.2, 0.25) is 0 Å². The monoisotopic (exact) mass is 495 g/mol. The highest BCUT2D eigenvalue weighted by Crippen LogP contribution is 2.51. The summed E-state index contributed by atoms with van der Waals surface area (Å²) >= 11 is 1.53. The average Bonchev–Trinajstić information content (AvgIpc) is 2.96. The highest BCUT2D eigenvalue weighted by Gasteiger charge is 2.57. The molecule has 0 unspecified atom stereocenters. The summed E-state index contributed by atoms with van der Waals surface area (Å²) < 4.78 is 5.32. The third kappa shape index (κ3) is 5.95. The van der Waals surface area contributed by atoms with Crippen LogP contribution >= 0.6 is 11.8 Å². The molecule has 0 radical (unpaired) electrons. The van der Waals surface area contributed by atoms with Crippen LogP contribution in [-0.4, -0.2) is 80.7 Å².